The van der Waals surface area contributed by atoms with Crippen LogP contribution in [-0.2, 0) is 10.0 Å². The van der Waals surface area contributed by atoms with Crippen molar-refractivity contribution >= 4 is 33.1 Å². The fraction of sp³-hybridized carbons (Fsp3) is 0.222. The van der Waals surface area contributed by atoms with Crippen molar-refractivity contribution < 1.29 is 8.42 Å². The highest BCUT2D eigenvalue weighted by atomic mass is 35.5. The van der Waals surface area contributed by atoms with Crippen LogP contribution in [0.25, 0.3) is 0 Å². The second-order valence-corrected chi connectivity index (χ2v) is 5.24. The van der Waals surface area contributed by atoms with E-state index in [1.165, 1.54) is 6.07 Å². The Morgan fingerprint density at radius 2 is 2.07 bits per heavy atom. The molecule has 0 spiro atoms. The minimum absolute atomic E-state index is 0.156. The van der Waals surface area contributed by atoms with Crippen LogP contribution >= 0.6 is 11.6 Å². The molecule has 0 saturated carbocycles. The first-order chi connectivity index (χ1) is 6.93. The van der Waals surface area contributed by atoms with Gasteiger partial charge < -0.3 is 4.90 Å². The van der Waals surface area contributed by atoms with Gasteiger partial charge >= 0.3 is 0 Å². The molecule has 80 valence electrons. The molecule has 0 N–H and O–H groups in total. The lowest BCUT2D eigenvalue weighted by molar-refractivity contribution is 0.597. The van der Waals surface area contributed by atoms with Gasteiger partial charge in [-0.2, -0.15) is 8.42 Å². The molecule has 1 aliphatic rings. The summed E-state index contributed by atoms with van der Waals surface area (Å²) >= 11 is 5.97. The van der Waals surface area contributed by atoms with Crippen molar-refractivity contribution in [2.24, 2.45) is 4.40 Å². The van der Waals surface area contributed by atoms with Crippen LogP contribution in [0, 0.1) is 0 Å². The Balaban J connectivity index is 2.84. The zero-order valence-electron chi connectivity index (χ0n) is 8.23. The summed E-state index contributed by atoms with van der Waals surface area (Å²) in [6.07, 6.45) is 0. The molecule has 0 saturated heterocycles. The first kappa shape index (κ1) is 10.4. The summed E-state index contributed by atoms with van der Waals surface area (Å²) in [5, 5.41) is 0.410. The number of benzene rings is 1. The number of sulfonamides is 1. The van der Waals surface area contributed by atoms with E-state index in [-0.39, 0.29) is 4.90 Å². The Labute approximate surface area is 93.2 Å². The van der Waals surface area contributed by atoms with Gasteiger partial charge in [-0.05, 0) is 19.1 Å². The van der Waals surface area contributed by atoms with Crippen molar-refractivity contribution in [1.29, 1.82) is 0 Å². The van der Waals surface area contributed by atoms with Gasteiger partial charge in [0.05, 0.1) is 10.7 Å². The van der Waals surface area contributed by atoms with Crippen molar-refractivity contribution in [3.63, 3.8) is 0 Å². The molecule has 0 aliphatic carbocycles. The highest BCUT2D eigenvalue weighted by Crippen LogP contribution is 2.36. The topological polar surface area (TPSA) is 49.7 Å². The summed E-state index contributed by atoms with van der Waals surface area (Å²) in [5.74, 6) is 0.413. The maximum atomic E-state index is 11.7. The van der Waals surface area contributed by atoms with E-state index in [0.717, 1.165) is 0 Å². The SMILES string of the molecule is CC1=NS(=O)(=O)c2cccc(Cl)c2N1C. The van der Waals surface area contributed by atoms with Crippen LogP contribution in [0.2, 0.25) is 5.02 Å². The van der Waals surface area contributed by atoms with Crippen LogP contribution in [0.4, 0.5) is 5.69 Å². The number of hydrogen-bond donors (Lipinski definition) is 0. The smallest absolute Gasteiger partial charge is 0.286 e. The van der Waals surface area contributed by atoms with Crippen molar-refractivity contribution in [3.8, 4) is 0 Å². The lowest BCUT2D eigenvalue weighted by atomic mass is 10.3. The number of amidine groups is 1. The van der Waals surface area contributed by atoms with E-state index in [9.17, 15) is 8.42 Å². The number of fused-ring (bicyclic) bond motifs is 1. The molecular weight excluding hydrogens is 236 g/mol. The Hall–Kier alpha value is -1.07. The minimum atomic E-state index is -3.58. The van der Waals surface area contributed by atoms with Crippen LogP contribution in [0.5, 0.6) is 0 Å². The van der Waals surface area contributed by atoms with E-state index >= 15 is 0 Å². The predicted octanol–water partition coefficient (Wildman–Crippen LogP) is 1.90. The molecule has 0 bridgehead atoms. The molecule has 0 fully saturated rings. The third-order valence-corrected chi connectivity index (χ3v) is 4.00. The summed E-state index contributed by atoms with van der Waals surface area (Å²) in [6, 6.07) is 4.76. The van der Waals surface area contributed by atoms with Crippen LogP contribution in [0.3, 0.4) is 0 Å². The molecular formula is C9H9ClN2O2S. The second kappa shape index (κ2) is 3.21. The van der Waals surface area contributed by atoms with Crippen molar-refractivity contribution in [1.82, 2.24) is 0 Å². The largest absolute Gasteiger partial charge is 0.330 e. The third-order valence-electron chi connectivity index (χ3n) is 2.30. The van der Waals surface area contributed by atoms with Gasteiger partial charge in [-0.15, -0.1) is 4.40 Å². The number of nitrogens with zero attached hydrogens (tertiary/aromatic N) is 2. The lowest BCUT2D eigenvalue weighted by Crippen LogP contribution is -2.30. The van der Waals surface area contributed by atoms with Gasteiger partial charge in [0.1, 0.15) is 10.7 Å². The average molecular weight is 245 g/mol. The molecule has 1 heterocycles. The quantitative estimate of drug-likeness (QED) is 0.700. The van der Waals surface area contributed by atoms with Crippen molar-refractivity contribution in [2.75, 3.05) is 11.9 Å². The Morgan fingerprint density at radius 3 is 2.73 bits per heavy atom. The summed E-state index contributed by atoms with van der Waals surface area (Å²) in [6.45, 7) is 1.63. The molecule has 0 atom stereocenters. The number of anilines is 1. The van der Waals surface area contributed by atoms with Gasteiger partial charge in [0.25, 0.3) is 10.0 Å². The van der Waals surface area contributed by atoms with Gasteiger partial charge in [-0.3, -0.25) is 0 Å². The fourth-order valence-electron chi connectivity index (χ4n) is 1.48. The molecule has 1 aromatic rings. The van der Waals surface area contributed by atoms with Crippen LogP contribution in [-0.4, -0.2) is 21.3 Å². The highest BCUT2D eigenvalue weighted by Gasteiger charge is 2.28. The normalized spacial score (nSPS) is 18.3. The van der Waals surface area contributed by atoms with E-state index < -0.39 is 10.0 Å². The Bertz CT molecular complexity index is 551. The first-order valence-electron chi connectivity index (χ1n) is 4.27. The second-order valence-electron chi connectivity index (χ2n) is 3.26. The molecule has 0 unspecified atom stereocenters. The molecule has 0 radical (unpaired) electrons. The summed E-state index contributed by atoms with van der Waals surface area (Å²) in [7, 11) is -1.85. The van der Waals surface area contributed by atoms with Crippen LogP contribution < -0.4 is 4.90 Å². The standard InChI is InChI=1S/C9H9ClN2O2S/c1-6-11-15(13,14)8-5-3-4-7(10)9(8)12(6)2/h3-5H,1-2H3. The third kappa shape index (κ3) is 1.52. The number of halogens is 1. The van der Waals surface area contributed by atoms with Gasteiger partial charge in [0.15, 0.2) is 0 Å². The summed E-state index contributed by atoms with van der Waals surface area (Å²) in [5.41, 5.74) is 0.492. The zero-order valence-corrected chi connectivity index (χ0v) is 9.80. The molecule has 6 heteroatoms. The number of hydrogen-bond acceptors (Lipinski definition) is 3. The molecule has 15 heavy (non-hydrogen) atoms. The lowest BCUT2D eigenvalue weighted by Gasteiger charge is -2.26. The summed E-state index contributed by atoms with van der Waals surface area (Å²) in [4.78, 5) is 1.82. The first-order valence-corrected chi connectivity index (χ1v) is 6.09. The molecule has 0 aromatic heterocycles. The van der Waals surface area contributed by atoms with E-state index in [2.05, 4.69) is 4.40 Å². The Kier molecular flexibility index (Phi) is 2.24. The maximum absolute atomic E-state index is 11.7. The van der Waals surface area contributed by atoms with E-state index in [1.807, 2.05) is 0 Å². The van der Waals surface area contributed by atoms with Crippen LogP contribution in [0.1, 0.15) is 6.92 Å². The van der Waals surface area contributed by atoms with Gasteiger partial charge in [-0.1, -0.05) is 17.7 Å². The van der Waals surface area contributed by atoms with Gasteiger partial charge in [0.2, 0.25) is 0 Å². The van der Waals surface area contributed by atoms with E-state index in [4.69, 9.17) is 11.6 Å². The highest BCUT2D eigenvalue weighted by molar-refractivity contribution is 7.90. The fourth-order valence-corrected chi connectivity index (χ4v) is 3.14. The molecule has 1 aliphatic heterocycles. The Morgan fingerprint density at radius 1 is 1.40 bits per heavy atom. The molecule has 1 aromatic carbocycles. The van der Waals surface area contributed by atoms with Crippen molar-refractivity contribution in [3.05, 3.63) is 23.2 Å². The van der Waals surface area contributed by atoms with E-state index in [1.54, 1.807) is 31.0 Å². The predicted molar refractivity (Wildman–Crippen MR) is 60.1 cm³/mol. The van der Waals surface area contributed by atoms with Gasteiger partial charge in [-0.25, -0.2) is 0 Å². The van der Waals surface area contributed by atoms with Crippen LogP contribution in [0.15, 0.2) is 27.5 Å². The minimum Gasteiger partial charge on any atom is -0.330 e. The molecule has 0 amide bonds. The van der Waals surface area contributed by atoms with Crippen molar-refractivity contribution in [2.45, 2.75) is 11.8 Å². The number of rotatable bonds is 0. The average Bonchev–Trinajstić information content (AvgIpc) is 2.14. The zero-order chi connectivity index (χ0) is 11.2. The van der Waals surface area contributed by atoms with Gasteiger partial charge in [0, 0.05) is 7.05 Å². The monoisotopic (exact) mass is 244 g/mol. The molecule has 4 nitrogen and oxygen atoms in total. The van der Waals surface area contributed by atoms with E-state index in [0.29, 0.717) is 16.5 Å². The maximum Gasteiger partial charge on any atom is 0.286 e. The molecule has 2 rings (SSSR count). The summed E-state index contributed by atoms with van der Waals surface area (Å²) < 4.78 is 27.1. The number of para-hydroxylation sites is 1.